The number of primary amides is 1. The molecule has 0 fully saturated rings. The van der Waals surface area contributed by atoms with Gasteiger partial charge in [0, 0.05) is 17.5 Å². The van der Waals surface area contributed by atoms with Gasteiger partial charge in [0.1, 0.15) is 5.00 Å². The molecule has 146 valence electrons. The van der Waals surface area contributed by atoms with Crippen LogP contribution in [-0.4, -0.2) is 27.2 Å². The Morgan fingerprint density at radius 2 is 2.04 bits per heavy atom. The summed E-state index contributed by atoms with van der Waals surface area (Å²) in [5, 5.41) is 6.38. The van der Waals surface area contributed by atoms with E-state index in [1.807, 2.05) is 27.7 Å². The Labute approximate surface area is 158 Å². The molecular formula is C17H20F2N4O3S. The largest absolute Gasteiger partial charge is 0.365 e. The highest BCUT2D eigenvalue weighted by atomic mass is 32.1. The zero-order valence-corrected chi connectivity index (χ0v) is 16.1. The van der Waals surface area contributed by atoms with E-state index in [1.54, 1.807) is 0 Å². The maximum atomic E-state index is 12.6. The van der Waals surface area contributed by atoms with E-state index in [4.69, 9.17) is 10.5 Å². The number of amides is 2. The summed E-state index contributed by atoms with van der Waals surface area (Å²) in [5.74, 6) is -1.37. The number of alkyl halides is 2. The van der Waals surface area contributed by atoms with Crippen molar-refractivity contribution in [2.75, 3.05) is 5.32 Å². The molecule has 0 saturated heterocycles. The predicted molar refractivity (Wildman–Crippen MR) is 96.2 cm³/mol. The number of hydrogen-bond donors (Lipinski definition) is 2. The summed E-state index contributed by atoms with van der Waals surface area (Å²) in [5.41, 5.74) is 5.16. The van der Waals surface area contributed by atoms with Gasteiger partial charge in [0.2, 0.25) is 0 Å². The first-order chi connectivity index (χ1) is 12.4. The minimum absolute atomic E-state index is 0.187. The van der Waals surface area contributed by atoms with E-state index < -0.39 is 29.6 Å². The second kappa shape index (κ2) is 6.38. The van der Waals surface area contributed by atoms with E-state index >= 15 is 0 Å². The minimum Gasteiger partial charge on any atom is -0.365 e. The second-order valence-electron chi connectivity index (χ2n) is 7.44. The van der Waals surface area contributed by atoms with Gasteiger partial charge >= 0.3 is 6.55 Å². The lowest BCUT2D eigenvalue weighted by Gasteiger charge is -2.41. The first-order valence-corrected chi connectivity index (χ1v) is 9.04. The Hall–Kier alpha value is -2.33. The quantitative estimate of drug-likeness (QED) is 0.826. The molecule has 7 nitrogen and oxygen atoms in total. The van der Waals surface area contributed by atoms with Gasteiger partial charge in [0.15, 0.2) is 5.69 Å². The highest BCUT2D eigenvalue weighted by Gasteiger charge is 2.43. The fraction of sp³-hybridized carbons (Fsp3) is 0.471. The molecule has 2 aromatic rings. The summed E-state index contributed by atoms with van der Waals surface area (Å²) >= 11 is 1.19. The number of anilines is 1. The predicted octanol–water partition coefficient (Wildman–Crippen LogP) is 3.28. The Balaban J connectivity index is 2.00. The third kappa shape index (κ3) is 3.59. The van der Waals surface area contributed by atoms with E-state index in [2.05, 4.69) is 10.4 Å². The van der Waals surface area contributed by atoms with E-state index in [0.29, 0.717) is 11.1 Å². The molecule has 0 saturated carbocycles. The Morgan fingerprint density at radius 3 is 2.59 bits per heavy atom. The number of thiophene rings is 1. The van der Waals surface area contributed by atoms with Crippen molar-refractivity contribution in [2.45, 2.75) is 51.9 Å². The number of halogens is 2. The van der Waals surface area contributed by atoms with Gasteiger partial charge in [-0.1, -0.05) is 0 Å². The van der Waals surface area contributed by atoms with Crippen LogP contribution < -0.4 is 11.1 Å². The van der Waals surface area contributed by atoms with Gasteiger partial charge in [0.25, 0.3) is 11.8 Å². The van der Waals surface area contributed by atoms with E-state index in [9.17, 15) is 18.4 Å². The zero-order chi connectivity index (χ0) is 20.1. The molecule has 3 N–H and O–H groups in total. The van der Waals surface area contributed by atoms with Crippen LogP contribution in [0.4, 0.5) is 13.8 Å². The summed E-state index contributed by atoms with van der Waals surface area (Å²) in [6.45, 7) is 4.74. The summed E-state index contributed by atoms with van der Waals surface area (Å²) in [7, 11) is 0. The molecule has 0 atom stereocenters. The highest BCUT2D eigenvalue weighted by Crippen LogP contribution is 2.48. The Morgan fingerprint density at radius 1 is 1.37 bits per heavy atom. The number of rotatable bonds is 4. The van der Waals surface area contributed by atoms with Gasteiger partial charge in [-0.05, 0) is 39.3 Å². The molecule has 0 aromatic carbocycles. The summed E-state index contributed by atoms with van der Waals surface area (Å²) in [6.07, 6.45) is 1.46. The lowest BCUT2D eigenvalue weighted by atomic mass is 9.86. The molecule has 27 heavy (non-hydrogen) atoms. The van der Waals surface area contributed by atoms with Crippen LogP contribution in [0.15, 0.2) is 12.3 Å². The van der Waals surface area contributed by atoms with Gasteiger partial charge in [-0.3, -0.25) is 9.59 Å². The topological polar surface area (TPSA) is 99.2 Å². The van der Waals surface area contributed by atoms with Crippen LogP contribution in [0.2, 0.25) is 0 Å². The number of nitrogens with zero attached hydrogens (tertiary/aromatic N) is 2. The van der Waals surface area contributed by atoms with Crippen LogP contribution in [0.5, 0.6) is 0 Å². The molecule has 3 rings (SSSR count). The third-order valence-corrected chi connectivity index (χ3v) is 5.65. The number of carbonyl (C=O) groups is 2. The first kappa shape index (κ1) is 19.4. The average molecular weight is 398 g/mol. The molecule has 0 bridgehead atoms. The molecular weight excluding hydrogens is 378 g/mol. The SMILES string of the molecule is CC1(C)Cc2c(sc(NC(=O)c3ccn(C(F)F)n3)c2C(N)=O)C(C)(C)O1. The maximum absolute atomic E-state index is 12.6. The van der Waals surface area contributed by atoms with Gasteiger partial charge in [-0.25, -0.2) is 4.68 Å². The fourth-order valence-corrected chi connectivity index (χ4v) is 4.66. The molecule has 2 amide bonds. The zero-order valence-electron chi connectivity index (χ0n) is 15.3. The van der Waals surface area contributed by atoms with Crippen molar-refractivity contribution >= 4 is 28.2 Å². The van der Waals surface area contributed by atoms with Crippen molar-refractivity contribution in [3.8, 4) is 0 Å². The smallest absolute Gasteiger partial charge is 0.333 e. The number of fused-ring (bicyclic) bond motifs is 1. The molecule has 0 aliphatic carbocycles. The number of nitrogens with one attached hydrogen (secondary N) is 1. The standard InChI is InChI=1S/C17H20F2N4O3S/c1-16(2)7-8-10(12(20)24)14(27-11(8)17(3,4)26-16)21-13(25)9-5-6-23(22-9)15(18)19/h5-6,15H,7H2,1-4H3,(H2,20,24)(H,21,25). The molecule has 0 unspecified atom stereocenters. The summed E-state index contributed by atoms with van der Waals surface area (Å²) < 4.78 is 31.8. The van der Waals surface area contributed by atoms with Crippen molar-refractivity contribution in [1.29, 1.82) is 0 Å². The lowest BCUT2D eigenvalue weighted by Crippen LogP contribution is -2.42. The molecule has 2 aromatic heterocycles. The van der Waals surface area contributed by atoms with Crippen molar-refractivity contribution in [2.24, 2.45) is 5.73 Å². The number of nitrogens with two attached hydrogens (primary N) is 1. The molecule has 0 radical (unpaired) electrons. The molecule has 0 spiro atoms. The monoisotopic (exact) mass is 398 g/mol. The molecule has 1 aliphatic heterocycles. The van der Waals surface area contributed by atoms with Crippen LogP contribution >= 0.6 is 11.3 Å². The van der Waals surface area contributed by atoms with Crippen LogP contribution in [0.1, 0.15) is 65.5 Å². The van der Waals surface area contributed by atoms with Crippen LogP contribution in [0.3, 0.4) is 0 Å². The van der Waals surface area contributed by atoms with E-state index in [0.717, 1.165) is 16.6 Å². The van der Waals surface area contributed by atoms with Gasteiger partial charge in [0.05, 0.1) is 16.8 Å². The molecule has 10 heteroatoms. The third-order valence-electron chi connectivity index (χ3n) is 4.20. The number of aromatic nitrogens is 2. The van der Waals surface area contributed by atoms with Crippen LogP contribution in [0.25, 0.3) is 0 Å². The van der Waals surface area contributed by atoms with Crippen LogP contribution in [-0.2, 0) is 16.8 Å². The minimum atomic E-state index is -2.85. The van der Waals surface area contributed by atoms with Gasteiger partial charge in [-0.15, -0.1) is 11.3 Å². The van der Waals surface area contributed by atoms with Crippen molar-refractivity contribution < 1.29 is 23.1 Å². The number of hydrogen-bond acceptors (Lipinski definition) is 5. The molecule has 3 heterocycles. The maximum Gasteiger partial charge on any atom is 0.333 e. The summed E-state index contributed by atoms with van der Waals surface area (Å²) in [4.78, 5) is 25.3. The summed E-state index contributed by atoms with van der Waals surface area (Å²) in [6, 6.07) is 1.18. The normalized spacial score (nSPS) is 17.6. The van der Waals surface area contributed by atoms with E-state index in [-0.39, 0.29) is 16.3 Å². The number of carbonyl (C=O) groups excluding carboxylic acids is 2. The van der Waals surface area contributed by atoms with E-state index in [1.165, 1.54) is 17.4 Å². The van der Waals surface area contributed by atoms with Crippen molar-refractivity contribution in [1.82, 2.24) is 9.78 Å². The van der Waals surface area contributed by atoms with Crippen LogP contribution in [0, 0.1) is 0 Å². The lowest BCUT2D eigenvalue weighted by molar-refractivity contribution is -0.135. The fourth-order valence-electron chi connectivity index (χ4n) is 3.40. The van der Waals surface area contributed by atoms with Crippen molar-refractivity contribution in [3.63, 3.8) is 0 Å². The molecule has 1 aliphatic rings. The number of ether oxygens (including phenoxy) is 1. The average Bonchev–Trinajstić information content (AvgIpc) is 3.10. The Kier molecular flexibility index (Phi) is 4.59. The van der Waals surface area contributed by atoms with Gasteiger partial charge < -0.3 is 15.8 Å². The first-order valence-electron chi connectivity index (χ1n) is 8.22. The Bertz CT molecular complexity index is 917. The highest BCUT2D eigenvalue weighted by molar-refractivity contribution is 7.17. The van der Waals surface area contributed by atoms with Crippen molar-refractivity contribution in [3.05, 3.63) is 34.0 Å². The van der Waals surface area contributed by atoms with Gasteiger partial charge in [-0.2, -0.15) is 13.9 Å². The second-order valence-corrected chi connectivity index (χ2v) is 8.46.